The van der Waals surface area contributed by atoms with Gasteiger partial charge in [0.05, 0.1) is 0 Å². The quantitative estimate of drug-likeness (QED) is 0.384. The number of hydrogen-bond acceptors (Lipinski definition) is 0. The molecule has 4 aromatic carbocycles. The second-order valence-corrected chi connectivity index (χ2v) is 4.52. The number of benzene rings is 4. The van der Waals surface area contributed by atoms with Crippen molar-refractivity contribution in [2.45, 2.75) is 0 Å². The fourth-order valence-corrected chi connectivity index (χ4v) is 2.75. The van der Waals surface area contributed by atoms with Gasteiger partial charge in [-0.3, -0.25) is 0 Å². The third kappa shape index (κ3) is 1.07. The van der Waals surface area contributed by atoms with E-state index in [1.165, 1.54) is 18.2 Å². The Morgan fingerprint density at radius 3 is 2.22 bits per heavy atom. The molecule has 0 atom stereocenters. The predicted molar refractivity (Wildman–Crippen MR) is 70.1 cm³/mol. The molecule has 0 amide bonds. The van der Waals surface area contributed by atoms with E-state index in [1.807, 2.05) is 24.3 Å². The van der Waals surface area contributed by atoms with Crippen LogP contribution >= 0.6 is 0 Å². The summed E-state index contributed by atoms with van der Waals surface area (Å²) in [5.41, 5.74) is 0. The van der Waals surface area contributed by atoms with Gasteiger partial charge in [-0.15, -0.1) is 0 Å². The summed E-state index contributed by atoms with van der Waals surface area (Å²) < 4.78 is 27.9. The first kappa shape index (κ1) is 9.77. The Bertz CT molecular complexity index is 888. The van der Waals surface area contributed by atoms with E-state index in [4.69, 9.17) is 0 Å². The minimum absolute atomic E-state index is 0.300. The van der Waals surface area contributed by atoms with E-state index < -0.39 is 0 Å². The van der Waals surface area contributed by atoms with Crippen LogP contribution in [0.4, 0.5) is 8.78 Å². The van der Waals surface area contributed by atoms with Crippen LogP contribution in [0.1, 0.15) is 0 Å². The van der Waals surface area contributed by atoms with E-state index in [-0.39, 0.29) is 11.6 Å². The standard InChI is InChI=1S/C16H8F2/c17-13-7-6-12-14(18)8-10-3-1-2-9-4-5-11(13)16(12)15(9)10/h1-8H. The van der Waals surface area contributed by atoms with Gasteiger partial charge in [0, 0.05) is 16.2 Å². The number of hydrogen-bond donors (Lipinski definition) is 0. The summed E-state index contributed by atoms with van der Waals surface area (Å²) in [4.78, 5) is 0. The van der Waals surface area contributed by atoms with Crippen molar-refractivity contribution >= 4 is 32.3 Å². The molecule has 0 nitrogen and oxygen atoms in total. The van der Waals surface area contributed by atoms with Crippen molar-refractivity contribution < 1.29 is 8.78 Å². The molecule has 4 aromatic rings. The lowest BCUT2D eigenvalue weighted by Gasteiger charge is -2.11. The highest BCUT2D eigenvalue weighted by molar-refractivity contribution is 6.23. The summed E-state index contributed by atoms with van der Waals surface area (Å²) in [6, 6.07) is 13.7. The van der Waals surface area contributed by atoms with Gasteiger partial charge in [0.25, 0.3) is 0 Å². The molecular weight excluding hydrogens is 230 g/mol. The largest absolute Gasteiger partial charge is 0.206 e. The first-order chi connectivity index (χ1) is 8.75. The highest BCUT2D eigenvalue weighted by Gasteiger charge is 2.13. The lowest BCUT2D eigenvalue weighted by Crippen LogP contribution is -1.89. The lowest BCUT2D eigenvalue weighted by atomic mass is 9.94. The van der Waals surface area contributed by atoms with Crippen LogP contribution < -0.4 is 0 Å². The van der Waals surface area contributed by atoms with Gasteiger partial charge in [0.15, 0.2) is 0 Å². The summed E-state index contributed by atoms with van der Waals surface area (Å²) in [5.74, 6) is -0.605. The maximum Gasteiger partial charge on any atom is 0.131 e. The van der Waals surface area contributed by atoms with E-state index in [1.54, 1.807) is 6.07 Å². The zero-order chi connectivity index (χ0) is 12.3. The van der Waals surface area contributed by atoms with Crippen LogP contribution in [0.15, 0.2) is 48.5 Å². The molecule has 0 saturated carbocycles. The molecule has 0 fully saturated rings. The summed E-state index contributed by atoms with van der Waals surface area (Å²) in [6.45, 7) is 0. The van der Waals surface area contributed by atoms with Crippen LogP contribution in [0, 0.1) is 11.6 Å². The van der Waals surface area contributed by atoms with Crippen molar-refractivity contribution in [1.29, 1.82) is 0 Å². The fourth-order valence-electron chi connectivity index (χ4n) is 2.75. The van der Waals surface area contributed by atoms with Gasteiger partial charge in [-0.1, -0.05) is 30.3 Å². The molecule has 0 aliphatic heterocycles. The summed E-state index contributed by atoms with van der Waals surface area (Å²) in [7, 11) is 0. The van der Waals surface area contributed by atoms with Crippen LogP contribution in [0.25, 0.3) is 32.3 Å². The Hall–Kier alpha value is -2.22. The third-order valence-corrected chi connectivity index (χ3v) is 3.54. The minimum atomic E-state index is -0.305. The topological polar surface area (TPSA) is 0 Å². The van der Waals surface area contributed by atoms with Gasteiger partial charge in [-0.05, 0) is 34.4 Å². The van der Waals surface area contributed by atoms with Gasteiger partial charge < -0.3 is 0 Å². The molecule has 0 radical (unpaired) electrons. The first-order valence-corrected chi connectivity index (χ1v) is 5.77. The maximum atomic E-state index is 14.0. The van der Waals surface area contributed by atoms with Crippen LogP contribution in [0.2, 0.25) is 0 Å². The van der Waals surface area contributed by atoms with E-state index in [2.05, 4.69) is 0 Å². The van der Waals surface area contributed by atoms with Crippen molar-refractivity contribution in [3.8, 4) is 0 Å². The van der Waals surface area contributed by atoms with Crippen LogP contribution in [-0.2, 0) is 0 Å². The molecule has 0 saturated heterocycles. The van der Waals surface area contributed by atoms with Crippen molar-refractivity contribution in [2.75, 3.05) is 0 Å². The highest BCUT2D eigenvalue weighted by Crippen LogP contribution is 2.36. The Morgan fingerprint density at radius 2 is 1.33 bits per heavy atom. The summed E-state index contributed by atoms with van der Waals surface area (Å²) in [5, 5.41) is 4.41. The van der Waals surface area contributed by atoms with Gasteiger partial charge >= 0.3 is 0 Å². The van der Waals surface area contributed by atoms with Crippen molar-refractivity contribution in [1.82, 2.24) is 0 Å². The van der Waals surface area contributed by atoms with Crippen molar-refractivity contribution in [3.05, 3.63) is 60.2 Å². The van der Waals surface area contributed by atoms with Gasteiger partial charge in [-0.25, -0.2) is 8.78 Å². The van der Waals surface area contributed by atoms with E-state index in [9.17, 15) is 8.78 Å². The normalized spacial score (nSPS) is 11.9. The van der Waals surface area contributed by atoms with Gasteiger partial charge in [0.2, 0.25) is 0 Å². The molecule has 18 heavy (non-hydrogen) atoms. The Balaban J connectivity index is 2.49. The van der Waals surface area contributed by atoms with Crippen LogP contribution in [0.3, 0.4) is 0 Å². The summed E-state index contributed by atoms with van der Waals surface area (Å²) in [6.07, 6.45) is 0. The molecule has 0 aliphatic rings. The molecule has 0 aliphatic carbocycles. The molecule has 2 heteroatoms. The third-order valence-electron chi connectivity index (χ3n) is 3.54. The predicted octanol–water partition coefficient (Wildman–Crippen LogP) is 4.86. The first-order valence-electron chi connectivity index (χ1n) is 5.77. The second-order valence-electron chi connectivity index (χ2n) is 4.52. The fraction of sp³-hybridized carbons (Fsp3) is 0. The SMILES string of the molecule is Fc1ccc2c(F)cc3cccc4ccc1c2c43. The highest BCUT2D eigenvalue weighted by atomic mass is 19.1. The van der Waals surface area contributed by atoms with Crippen molar-refractivity contribution in [3.63, 3.8) is 0 Å². The Morgan fingerprint density at radius 1 is 0.611 bits per heavy atom. The molecule has 0 aromatic heterocycles. The molecule has 0 heterocycles. The average Bonchev–Trinajstić information content (AvgIpc) is 2.38. The van der Waals surface area contributed by atoms with E-state index >= 15 is 0 Å². The molecule has 86 valence electrons. The molecule has 0 bridgehead atoms. The van der Waals surface area contributed by atoms with Crippen molar-refractivity contribution in [2.24, 2.45) is 0 Å². The number of rotatable bonds is 0. The molecule has 4 rings (SSSR count). The molecule has 0 unspecified atom stereocenters. The molecule has 0 N–H and O–H groups in total. The summed E-state index contributed by atoms with van der Waals surface area (Å²) >= 11 is 0. The zero-order valence-electron chi connectivity index (χ0n) is 9.37. The average molecular weight is 238 g/mol. The smallest absolute Gasteiger partial charge is 0.131 e. The maximum absolute atomic E-state index is 14.0. The molecular formula is C16H8F2. The Kier molecular flexibility index (Phi) is 1.72. The van der Waals surface area contributed by atoms with Gasteiger partial charge in [-0.2, -0.15) is 0 Å². The van der Waals surface area contributed by atoms with Crippen LogP contribution in [-0.4, -0.2) is 0 Å². The van der Waals surface area contributed by atoms with E-state index in [0.29, 0.717) is 16.2 Å². The van der Waals surface area contributed by atoms with Gasteiger partial charge in [0.1, 0.15) is 11.6 Å². The number of halogens is 2. The van der Waals surface area contributed by atoms with E-state index in [0.717, 1.165) is 16.2 Å². The van der Waals surface area contributed by atoms with Crippen LogP contribution in [0.5, 0.6) is 0 Å². The monoisotopic (exact) mass is 238 g/mol. The minimum Gasteiger partial charge on any atom is -0.206 e. The lowest BCUT2D eigenvalue weighted by molar-refractivity contribution is 0.635. The molecule has 0 spiro atoms. The second kappa shape index (κ2) is 3.16. The zero-order valence-corrected chi connectivity index (χ0v) is 9.37. The Labute approximate surface area is 102 Å².